The number of hydrogen-bond donors (Lipinski definition) is 1. The topological polar surface area (TPSA) is 123 Å². The predicted octanol–water partition coefficient (Wildman–Crippen LogP) is 3.70. The van der Waals surface area contributed by atoms with Gasteiger partial charge in [0.2, 0.25) is 17.6 Å². The zero-order valence-corrected chi connectivity index (χ0v) is 19.7. The monoisotopic (exact) mass is 476 g/mol. The fourth-order valence-electron chi connectivity index (χ4n) is 3.09. The summed E-state index contributed by atoms with van der Waals surface area (Å²) in [4.78, 5) is 45.0. The minimum Gasteiger partial charge on any atom is -0.358 e. The Morgan fingerprint density at radius 2 is 2.03 bits per heavy atom. The number of thioether (sulfide) groups is 1. The maximum absolute atomic E-state index is 12.3. The van der Waals surface area contributed by atoms with Crippen LogP contribution in [0.25, 0.3) is 10.2 Å². The predicted molar refractivity (Wildman–Crippen MR) is 125 cm³/mol. The molecule has 0 unspecified atom stereocenters. The molecule has 0 spiro atoms. The molecule has 12 heteroatoms. The molecule has 0 saturated carbocycles. The van der Waals surface area contributed by atoms with Gasteiger partial charge in [-0.25, -0.2) is 4.98 Å². The van der Waals surface area contributed by atoms with Gasteiger partial charge in [-0.1, -0.05) is 11.8 Å². The average molecular weight is 477 g/mol. The van der Waals surface area contributed by atoms with Gasteiger partial charge in [0, 0.05) is 38.7 Å². The molecule has 0 aliphatic rings. The molecule has 0 bridgehead atoms. The number of nitro groups is 1. The molecule has 0 aliphatic carbocycles. The van der Waals surface area contributed by atoms with Crippen LogP contribution < -0.4 is 5.32 Å². The highest BCUT2D eigenvalue weighted by Crippen LogP contribution is 2.31. The first kappa shape index (κ1) is 23.7. The van der Waals surface area contributed by atoms with Crippen molar-refractivity contribution in [2.24, 2.45) is 0 Å². The summed E-state index contributed by atoms with van der Waals surface area (Å²) in [5.74, 6) is 0.484. The van der Waals surface area contributed by atoms with E-state index in [1.807, 2.05) is 26.0 Å². The summed E-state index contributed by atoms with van der Waals surface area (Å²) in [5.41, 5.74) is 1.46. The fraction of sp³-hybridized carbons (Fsp3) is 0.400. The number of fused-ring (bicyclic) bond motifs is 1. The summed E-state index contributed by atoms with van der Waals surface area (Å²) in [6.45, 7) is 7.25. The number of carbonyl (C=O) groups excluding carboxylic acids is 2. The lowest BCUT2D eigenvalue weighted by atomic mass is 10.3. The van der Waals surface area contributed by atoms with Gasteiger partial charge in [0.05, 0.1) is 16.0 Å². The first-order chi connectivity index (χ1) is 15.3. The highest BCUT2D eigenvalue weighted by molar-refractivity contribution is 8.01. The first-order valence-corrected chi connectivity index (χ1v) is 11.9. The highest BCUT2D eigenvalue weighted by atomic mass is 32.2. The summed E-state index contributed by atoms with van der Waals surface area (Å²) < 4.78 is 3.32. The third-order valence-electron chi connectivity index (χ3n) is 4.82. The zero-order valence-electron chi connectivity index (χ0n) is 18.0. The molecule has 2 aromatic heterocycles. The lowest BCUT2D eigenvalue weighted by molar-refractivity contribution is -0.389. The number of carbonyl (C=O) groups is 2. The van der Waals surface area contributed by atoms with Gasteiger partial charge in [-0.3, -0.25) is 9.59 Å². The number of hydrogen-bond acceptors (Lipinski definition) is 8. The third-order valence-corrected chi connectivity index (χ3v) is 6.96. The second-order valence-electron chi connectivity index (χ2n) is 6.91. The maximum atomic E-state index is 12.3. The molecule has 1 aromatic carbocycles. The van der Waals surface area contributed by atoms with Gasteiger partial charge in [-0.2, -0.15) is 0 Å². The molecule has 0 atom stereocenters. The Balaban J connectivity index is 1.58. The van der Waals surface area contributed by atoms with Crippen LogP contribution in [-0.4, -0.2) is 55.0 Å². The molecule has 0 radical (unpaired) electrons. The number of aromatic nitrogens is 3. The molecular weight excluding hydrogens is 452 g/mol. The van der Waals surface area contributed by atoms with E-state index >= 15 is 0 Å². The minimum absolute atomic E-state index is 0.0886. The number of aryl methyl sites for hydroxylation is 2. The van der Waals surface area contributed by atoms with E-state index in [4.69, 9.17) is 0 Å². The average Bonchev–Trinajstić information content (AvgIpc) is 3.34. The van der Waals surface area contributed by atoms with Crippen LogP contribution >= 0.6 is 23.1 Å². The number of nitrogens with zero attached hydrogens (tertiary/aromatic N) is 5. The first-order valence-electron chi connectivity index (χ1n) is 10.1. The van der Waals surface area contributed by atoms with E-state index < -0.39 is 4.92 Å². The molecule has 2 heterocycles. The Morgan fingerprint density at radius 3 is 2.69 bits per heavy atom. The van der Waals surface area contributed by atoms with Crippen molar-refractivity contribution in [2.75, 3.05) is 24.2 Å². The number of nitrogens with one attached hydrogen (secondary N) is 1. The van der Waals surface area contributed by atoms with Crippen LogP contribution in [0.1, 0.15) is 26.1 Å². The van der Waals surface area contributed by atoms with E-state index in [1.54, 1.807) is 22.5 Å². The van der Waals surface area contributed by atoms with Crippen molar-refractivity contribution in [3.8, 4) is 0 Å². The fourth-order valence-corrected chi connectivity index (χ4v) is 5.10. The van der Waals surface area contributed by atoms with E-state index in [2.05, 4.69) is 15.3 Å². The SMILES string of the molecule is CCN(CC)C(=O)CSc1nc2ccc(NC(=O)CCn3cc([N+](=O)[O-])nc3C)cc2s1. The molecule has 170 valence electrons. The van der Waals surface area contributed by atoms with Gasteiger partial charge in [0.1, 0.15) is 6.20 Å². The number of imidazole rings is 1. The van der Waals surface area contributed by atoms with Crippen molar-refractivity contribution >= 4 is 56.6 Å². The number of rotatable bonds is 10. The van der Waals surface area contributed by atoms with Crippen LogP contribution in [0.2, 0.25) is 0 Å². The van der Waals surface area contributed by atoms with E-state index in [0.29, 0.717) is 36.9 Å². The largest absolute Gasteiger partial charge is 0.381 e. The van der Waals surface area contributed by atoms with Crippen molar-refractivity contribution in [3.05, 3.63) is 40.3 Å². The normalized spacial score (nSPS) is 11.0. The van der Waals surface area contributed by atoms with Gasteiger partial charge < -0.3 is 24.9 Å². The standard InChI is InChI=1S/C20H24N6O4S2/c1-4-24(5-2)19(28)12-31-20-23-15-7-6-14(10-16(15)32-20)22-18(27)8-9-25-11-17(26(29)30)21-13(25)3/h6-7,10-11H,4-5,8-9,12H2,1-3H3,(H,22,27). The van der Waals surface area contributed by atoms with Crippen LogP contribution in [0.4, 0.5) is 11.5 Å². The molecule has 1 N–H and O–H groups in total. The van der Waals surface area contributed by atoms with Crippen LogP contribution in [0, 0.1) is 17.0 Å². The van der Waals surface area contributed by atoms with Gasteiger partial charge >= 0.3 is 5.82 Å². The van der Waals surface area contributed by atoms with Gasteiger partial charge in [-0.05, 0) is 42.0 Å². The van der Waals surface area contributed by atoms with Crippen molar-refractivity contribution in [1.29, 1.82) is 0 Å². The molecule has 32 heavy (non-hydrogen) atoms. The number of anilines is 1. The Hall–Kier alpha value is -2.99. The number of benzene rings is 1. The molecule has 0 aliphatic heterocycles. The highest BCUT2D eigenvalue weighted by Gasteiger charge is 2.16. The quantitative estimate of drug-likeness (QED) is 0.269. The summed E-state index contributed by atoms with van der Waals surface area (Å²) in [7, 11) is 0. The Kier molecular flexibility index (Phi) is 7.80. The Labute approximate surface area is 193 Å². The van der Waals surface area contributed by atoms with Gasteiger partial charge in [-0.15, -0.1) is 11.3 Å². The van der Waals surface area contributed by atoms with E-state index in [1.165, 1.54) is 29.3 Å². The molecule has 3 rings (SSSR count). The van der Waals surface area contributed by atoms with E-state index in [-0.39, 0.29) is 24.1 Å². The van der Waals surface area contributed by atoms with Crippen molar-refractivity contribution < 1.29 is 14.5 Å². The smallest absolute Gasteiger partial charge is 0.358 e. The number of thiazole rings is 1. The van der Waals surface area contributed by atoms with Gasteiger partial charge in [0.15, 0.2) is 4.34 Å². The number of amides is 2. The van der Waals surface area contributed by atoms with Crippen LogP contribution in [0.5, 0.6) is 0 Å². The van der Waals surface area contributed by atoms with Crippen LogP contribution in [-0.2, 0) is 16.1 Å². The molecule has 0 saturated heterocycles. The molecule has 2 amide bonds. The van der Waals surface area contributed by atoms with Crippen molar-refractivity contribution in [2.45, 2.75) is 38.1 Å². The molecule has 10 nitrogen and oxygen atoms in total. The summed E-state index contributed by atoms with van der Waals surface area (Å²) in [6.07, 6.45) is 1.49. The van der Waals surface area contributed by atoms with Gasteiger partial charge in [0.25, 0.3) is 0 Å². The summed E-state index contributed by atoms with van der Waals surface area (Å²) in [6, 6.07) is 5.47. The Morgan fingerprint density at radius 1 is 1.28 bits per heavy atom. The second-order valence-corrected chi connectivity index (χ2v) is 9.17. The third kappa shape index (κ3) is 5.82. The Bertz CT molecular complexity index is 1140. The molecule has 0 fully saturated rings. The van der Waals surface area contributed by atoms with E-state index in [0.717, 1.165) is 14.6 Å². The summed E-state index contributed by atoms with van der Waals surface area (Å²) >= 11 is 2.90. The van der Waals surface area contributed by atoms with Crippen LogP contribution in [0.15, 0.2) is 28.7 Å². The molecule has 3 aromatic rings. The lowest BCUT2D eigenvalue weighted by Gasteiger charge is -2.17. The molecular formula is C20H24N6O4S2. The zero-order chi connectivity index (χ0) is 23.3. The summed E-state index contributed by atoms with van der Waals surface area (Å²) in [5, 5.41) is 13.7. The van der Waals surface area contributed by atoms with Crippen molar-refractivity contribution in [3.63, 3.8) is 0 Å². The van der Waals surface area contributed by atoms with E-state index in [9.17, 15) is 19.7 Å². The minimum atomic E-state index is -0.556. The van der Waals surface area contributed by atoms with Crippen LogP contribution in [0.3, 0.4) is 0 Å². The lowest BCUT2D eigenvalue weighted by Crippen LogP contribution is -2.31. The maximum Gasteiger partial charge on any atom is 0.381 e. The second kappa shape index (κ2) is 10.6. The van der Waals surface area contributed by atoms with Crippen molar-refractivity contribution in [1.82, 2.24) is 19.4 Å².